The van der Waals surface area contributed by atoms with E-state index in [9.17, 15) is 4.79 Å². The van der Waals surface area contributed by atoms with Crippen molar-refractivity contribution in [3.05, 3.63) is 18.2 Å². The summed E-state index contributed by atoms with van der Waals surface area (Å²) in [6.45, 7) is 2.76. The quantitative estimate of drug-likeness (QED) is 0.741. The molecule has 1 rings (SSSR count). The van der Waals surface area contributed by atoms with Crippen LogP contribution in [0.2, 0.25) is 0 Å². The van der Waals surface area contributed by atoms with Crippen LogP contribution in [-0.4, -0.2) is 33.3 Å². The number of hydrogen-bond donors (Lipinski definition) is 2. The van der Waals surface area contributed by atoms with Crippen LogP contribution in [0.15, 0.2) is 18.2 Å². The molecule has 0 aliphatic rings. The summed E-state index contributed by atoms with van der Waals surface area (Å²) in [5.74, 6) is 0.633. The van der Waals surface area contributed by atoms with Crippen molar-refractivity contribution in [3.63, 3.8) is 0 Å². The van der Waals surface area contributed by atoms with Gasteiger partial charge in [-0.1, -0.05) is 0 Å². The minimum atomic E-state index is -0.0991. The van der Waals surface area contributed by atoms with E-state index >= 15 is 0 Å². The summed E-state index contributed by atoms with van der Waals surface area (Å²) in [5, 5.41) is 5.90. The van der Waals surface area contributed by atoms with Gasteiger partial charge in [-0.3, -0.25) is 4.79 Å². The highest BCUT2D eigenvalue weighted by atomic mass is 16.5. The first-order chi connectivity index (χ1) is 8.17. The van der Waals surface area contributed by atoms with Gasteiger partial charge in [0.2, 0.25) is 5.91 Å². The molecule has 0 unspecified atom stereocenters. The number of rotatable bonds is 6. The molecule has 0 atom stereocenters. The first-order valence-corrected chi connectivity index (χ1v) is 5.36. The zero-order valence-electron chi connectivity index (χ0n) is 10.4. The predicted molar refractivity (Wildman–Crippen MR) is 67.7 cm³/mol. The molecule has 0 saturated heterocycles. The third kappa shape index (κ3) is 4.32. The molecule has 0 heterocycles. The van der Waals surface area contributed by atoms with Crippen molar-refractivity contribution < 1.29 is 14.3 Å². The molecule has 0 radical (unpaired) electrons. The van der Waals surface area contributed by atoms with Gasteiger partial charge in [0, 0.05) is 26.3 Å². The van der Waals surface area contributed by atoms with E-state index in [1.54, 1.807) is 26.4 Å². The van der Waals surface area contributed by atoms with Crippen molar-refractivity contribution in [2.24, 2.45) is 0 Å². The molecule has 1 aromatic rings. The fraction of sp³-hybridized carbons (Fsp3) is 0.417. The number of amides is 1. The molecule has 17 heavy (non-hydrogen) atoms. The first kappa shape index (κ1) is 13.3. The van der Waals surface area contributed by atoms with Gasteiger partial charge in [0.05, 0.1) is 19.4 Å². The van der Waals surface area contributed by atoms with Gasteiger partial charge in [0.25, 0.3) is 0 Å². The van der Waals surface area contributed by atoms with Crippen LogP contribution in [0, 0.1) is 0 Å². The lowest BCUT2D eigenvalue weighted by atomic mass is 10.2. The van der Waals surface area contributed by atoms with Gasteiger partial charge in [-0.05, 0) is 18.2 Å². The van der Waals surface area contributed by atoms with Gasteiger partial charge >= 0.3 is 0 Å². The Morgan fingerprint density at radius 2 is 2.12 bits per heavy atom. The third-order valence-electron chi connectivity index (χ3n) is 2.14. The van der Waals surface area contributed by atoms with E-state index in [0.29, 0.717) is 13.2 Å². The second-order valence-corrected chi connectivity index (χ2v) is 3.52. The number of benzene rings is 1. The van der Waals surface area contributed by atoms with Crippen molar-refractivity contribution in [3.8, 4) is 5.75 Å². The van der Waals surface area contributed by atoms with E-state index in [2.05, 4.69) is 10.6 Å². The summed E-state index contributed by atoms with van der Waals surface area (Å²) < 4.78 is 10.2. The van der Waals surface area contributed by atoms with Crippen LogP contribution in [0.3, 0.4) is 0 Å². The van der Waals surface area contributed by atoms with Crippen molar-refractivity contribution in [1.82, 2.24) is 0 Å². The number of carbonyl (C=O) groups is 1. The molecule has 0 spiro atoms. The van der Waals surface area contributed by atoms with Gasteiger partial charge in [0.1, 0.15) is 5.75 Å². The van der Waals surface area contributed by atoms with Crippen LogP contribution < -0.4 is 15.4 Å². The summed E-state index contributed by atoms with van der Waals surface area (Å²) >= 11 is 0. The SMILES string of the molecule is COCCNc1cc(NC(C)=O)ccc1OC. The van der Waals surface area contributed by atoms with E-state index in [-0.39, 0.29) is 5.91 Å². The maximum atomic E-state index is 11.0. The lowest BCUT2D eigenvalue weighted by Gasteiger charge is -2.12. The highest BCUT2D eigenvalue weighted by molar-refractivity contribution is 5.89. The molecule has 94 valence electrons. The molecule has 5 nitrogen and oxygen atoms in total. The van der Waals surface area contributed by atoms with E-state index in [4.69, 9.17) is 9.47 Å². The Labute approximate surface area is 101 Å². The van der Waals surface area contributed by atoms with Crippen molar-refractivity contribution >= 4 is 17.3 Å². The number of carbonyl (C=O) groups excluding carboxylic acids is 1. The molecule has 0 fully saturated rings. The Bertz CT molecular complexity index is 380. The topological polar surface area (TPSA) is 59.6 Å². The molecule has 0 saturated carbocycles. The van der Waals surface area contributed by atoms with Crippen molar-refractivity contribution in [2.45, 2.75) is 6.92 Å². The van der Waals surface area contributed by atoms with Gasteiger partial charge in [-0.2, -0.15) is 0 Å². The van der Waals surface area contributed by atoms with Crippen LogP contribution in [-0.2, 0) is 9.53 Å². The standard InChI is InChI=1S/C12H18N2O3/c1-9(15)14-10-4-5-12(17-3)11(8-10)13-6-7-16-2/h4-5,8,13H,6-7H2,1-3H3,(H,14,15). The molecule has 0 aliphatic carbocycles. The van der Waals surface area contributed by atoms with Crippen molar-refractivity contribution in [2.75, 3.05) is 38.0 Å². The molecule has 1 aromatic carbocycles. The maximum Gasteiger partial charge on any atom is 0.221 e. The Kier molecular flexibility index (Phi) is 5.29. The molecular formula is C12H18N2O3. The highest BCUT2D eigenvalue weighted by Gasteiger charge is 2.04. The van der Waals surface area contributed by atoms with E-state index < -0.39 is 0 Å². The summed E-state index contributed by atoms with van der Waals surface area (Å²) in [6.07, 6.45) is 0. The zero-order chi connectivity index (χ0) is 12.7. The summed E-state index contributed by atoms with van der Waals surface area (Å²) in [5.41, 5.74) is 1.56. The van der Waals surface area contributed by atoms with Gasteiger partial charge in [-0.25, -0.2) is 0 Å². The van der Waals surface area contributed by atoms with Gasteiger partial charge in [-0.15, -0.1) is 0 Å². The monoisotopic (exact) mass is 238 g/mol. The molecule has 0 aromatic heterocycles. The van der Waals surface area contributed by atoms with Crippen LogP contribution in [0.4, 0.5) is 11.4 Å². The number of nitrogens with one attached hydrogen (secondary N) is 2. The minimum Gasteiger partial charge on any atom is -0.495 e. The summed E-state index contributed by atoms with van der Waals surface area (Å²) in [7, 11) is 3.25. The van der Waals surface area contributed by atoms with E-state index in [0.717, 1.165) is 17.1 Å². The van der Waals surface area contributed by atoms with Crippen LogP contribution >= 0.6 is 0 Å². The lowest BCUT2D eigenvalue weighted by molar-refractivity contribution is -0.114. The number of methoxy groups -OCH3 is 2. The average molecular weight is 238 g/mol. The summed E-state index contributed by atoms with van der Waals surface area (Å²) in [6, 6.07) is 5.43. The average Bonchev–Trinajstić information content (AvgIpc) is 2.29. The molecule has 0 aliphatic heterocycles. The van der Waals surface area contributed by atoms with E-state index in [1.165, 1.54) is 6.92 Å². The lowest BCUT2D eigenvalue weighted by Crippen LogP contribution is -2.10. The van der Waals surface area contributed by atoms with E-state index in [1.807, 2.05) is 6.07 Å². The number of anilines is 2. The number of ether oxygens (including phenoxy) is 2. The minimum absolute atomic E-state index is 0.0991. The molecule has 0 bridgehead atoms. The fourth-order valence-electron chi connectivity index (χ4n) is 1.41. The molecular weight excluding hydrogens is 220 g/mol. The Morgan fingerprint density at radius 1 is 1.35 bits per heavy atom. The smallest absolute Gasteiger partial charge is 0.221 e. The Morgan fingerprint density at radius 3 is 2.71 bits per heavy atom. The second kappa shape index (κ2) is 6.75. The van der Waals surface area contributed by atoms with Crippen LogP contribution in [0.25, 0.3) is 0 Å². The third-order valence-corrected chi connectivity index (χ3v) is 2.14. The first-order valence-electron chi connectivity index (χ1n) is 5.36. The van der Waals surface area contributed by atoms with Crippen molar-refractivity contribution in [1.29, 1.82) is 0 Å². The highest BCUT2D eigenvalue weighted by Crippen LogP contribution is 2.27. The Balaban J connectivity index is 2.78. The molecule has 1 amide bonds. The normalized spacial score (nSPS) is 9.82. The van der Waals surface area contributed by atoms with Gasteiger partial charge in [0.15, 0.2) is 0 Å². The Hall–Kier alpha value is -1.75. The predicted octanol–water partition coefficient (Wildman–Crippen LogP) is 1.71. The van der Waals surface area contributed by atoms with Crippen LogP contribution in [0.5, 0.6) is 5.75 Å². The zero-order valence-corrected chi connectivity index (χ0v) is 10.4. The summed E-state index contributed by atoms with van der Waals surface area (Å²) in [4.78, 5) is 11.0. The molecule has 2 N–H and O–H groups in total. The number of hydrogen-bond acceptors (Lipinski definition) is 4. The molecule has 5 heteroatoms. The second-order valence-electron chi connectivity index (χ2n) is 3.52. The fourth-order valence-corrected chi connectivity index (χ4v) is 1.41. The van der Waals surface area contributed by atoms with Crippen LogP contribution in [0.1, 0.15) is 6.92 Å². The largest absolute Gasteiger partial charge is 0.495 e. The van der Waals surface area contributed by atoms with Gasteiger partial charge < -0.3 is 20.1 Å². The maximum absolute atomic E-state index is 11.0.